The van der Waals surface area contributed by atoms with E-state index in [1.54, 1.807) is 18.4 Å². The molecule has 0 aliphatic carbocycles. The van der Waals surface area contributed by atoms with Gasteiger partial charge in [-0.1, -0.05) is 0 Å². The van der Waals surface area contributed by atoms with E-state index in [2.05, 4.69) is 35.9 Å². The minimum atomic E-state index is -4.49. The van der Waals surface area contributed by atoms with Gasteiger partial charge < -0.3 is 16.0 Å². The molecule has 0 fully saturated rings. The lowest BCUT2D eigenvalue weighted by Crippen LogP contribution is -2.40. The lowest BCUT2D eigenvalue weighted by atomic mass is 10.3. The zero-order valence-corrected chi connectivity index (χ0v) is 15.2. The van der Waals surface area contributed by atoms with Crippen molar-refractivity contribution in [3.05, 3.63) is 34.0 Å². The molecule has 0 aromatic carbocycles. The molecule has 0 saturated heterocycles. The zero-order valence-electron chi connectivity index (χ0n) is 14.4. The van der Waals surface area contributed by atoms with Crippen LogP contribution in [0.4, 0.5) is 19.1 Å². The Bertz CT molecular complexity index is 730. The lowest BCUT2D eigenvalue weighted by molar-refractivity contribution is -0.141. The van der Waals surface area contributed by atoms with E-state index >= 15 is 0 Å². The monoisotopic (exact) mass is 387 g/mol. The second kappa shape index (κ2) is 9.32. The van der Waals surface area contributed by atoms with Crippen molar-refractivity contribution in [2.24, 2.45) is 4.99 Å². The maximum absolute atomic E-state index is 12.6. The topological polar surface area (TPSA) is 87.1 Å². The van der Waals surface area contributed by atoms with Gasteiger partial charge in [0, 0.05) is 44.7 Å². The predicted molar refractivity (Wildman–Crippen MR) is 95.4 cm³/mol. The van der Waals surface area contributed by atoms with Gasteiger partial charge in [0.1, 0.15) is 5.69 Å². The molecule has 0 radical (unpaired) electrons. The van der Waals surface area contributed by atoms with Crippen molar-refractivity contribution in [3.63, 3.8) is 0 Å². The van der Waals surface area contributed by atoms with Crippen LogP contribution in [-0.2, 0) is 12.6 Å². The van der Waals surface area contributed by atoms with Gasteiger partial charge in [-0.05, 0) is 13.0 Å². The van der Waals surface area contributed by atoms with Crippen molar-refractivity contribution >= 4 is 23.2 Å². The Kier molecular flexibility index (Phi) is 7.13. The van der Waals surface area contributed by atoms with Gasteiger partial charge in [0.2, 0.25) is 5.95 Å². The summed E-state index contributed by atoms with van der Waals surface area (Å²) in [5.74, 6) is 0.534. The Labute approximate surface area is 153 Å². The first-order chi connectivity index (χ1) is 12.4. The van der Waals surface area contributed by atoms with Crippen molar-refractivity contribution in [3.8, 4) is 0 Å². The van der Waals surface area contributed by atoms with Crippen LogP contribution >= 0.6 is 11.3 Å². The summed E-state index contributed by atoms with van der Waals surface area (Å²) in [4.78, 5) is 15.7. The van der Waals surface area contributed by atoms with E-state index in [4.69, 9.17) is 0 Å². The van der Waals surface area contributed by atoms with E-state index in [0.29, 0.717) is 25.6 Å². The number of hydrogen-bond donors (Lipinski definition) is 3. The quantitative estimate of drug-likeness (QED) is 0.383. The number of aryl methyl sites for hydroxylation is 1. The predicted octanol–water partition coefficient (Wildman–Crippen LogP) is 2.08. The summed E-state index contributed by atoms with van der Waals surface area (Å²) in [7, 11) is 1.64. The standard InChI is InChI=1S/C15H20F3N7S/c1-10-24-11(9-26-10)3-5-20-13(19-2)22-7-8-23-14-21-6-4-12(25-14)15(16,17)18/h4,6,9H,3,5,7-8H2,1-2H3,(H2,19,20,22)(H,21,23,25). The molecule has 0 atom stereocenters. The molecule has 11 heteroatoms. The molecule has 2 heterocycles. The van der Waals surface area contributed by atoms with Gasteiger partial charge in [0.15, 0.2) is 5.96 Å². The van der Waals surface area contributed by atoms with Gasteiger partial charge in [-0.15, -0.1) is 11.3 Å². The number of rotatable bonds is 7. The second-order valence-corrected chi connectivity index (χ2v) is 6.29. The first-order valence-corrected chi connectivity index (χ1v) is 8.76. The number of guanidine groups is 1. The van der Waals surface area contributed by atoms with Crippen LogP contribution in [0.25, 0.3) is 0 Å². The van der Waals surface area contributed by atoms with Crippen LogP contribution < -0.4 is 16.0 Å². The molecule has 3 N–H and O–H groups in total. The van der Waals surface area contributed by atoms with Crippen LogP contribution in [0.2, 0.25) is 0 Å². The van der Waals surface area contributed by atoms with E-state index in [1.165, 1.54) is 0 Å². The summed E-state index contributed by atoms with van der Waals surface area (Å²) < 4.78 is 37.8. The Morgan fingerprint density at radius 3 is 2.62 bits per heavy atom. The number of hydrogen-bond acceptors (Lipinski definition) is 6. The maximum Gasteiger partial charge on any atom is 0.433 e. The maximum atomic E-state index is 12.6. The molecule has 0 aliphatic heterocycles. The molecule has 0 saturated carbocycles. The second-order valence-electron chi connectivity index (χ2n) is 5.22. The van der Waals surface area contributed by atoms with E-state index in [1.807, 2.05) is 12.3 Å². The van der Waals surface area contributed by atoms with Crippen LogP contribution in [0.3, 0.4) is 0 Å². The summed E-state index contributed by atoms with van der Waals surface area (Å²) >= 11 is 1.61. The average Bonchev–Trinajstić information content (AvgIpc) is 3.02. The first kappa shape index (κ1) is 19.9. The Morgan fingerprint density at radius 2 is 1.96 bits per heavy atom. The van der Waals surface area contributed by atoms with Crippen molar-refractivity contribution < 1.29 is 13.2 Å². The number of aromatic nitrogens is 3. The minimum absolute atomic E-state index is 0.0662. The van der Waals surface area contributed by atoms with Crippen molar-refractivity contribution in [2.45, 2.75) is 19.5 Å². The van der Waals surface area contributed by atoms with Gasteiger partial charge in [0.25, 0.3) is 0 Å². The van der Waals surface area contributed by atoms with Crippen LogP contribution in [0.5, 0.6) is 0 Å². The molecule has 2 aromatic rings. The fourth-order valence-electron chi connectivity index (χ4n) is 2.01. The van der Waals surface area contributed by atoms with Gasteiger partial charge in [-0.25, -0.2) is 15.0 Å². The van der Waals surface area contributed by atoms with Gasteiger partial charge >= 0.3 is 6.18 Å². The van der Waals surface area contributed by atoms with E-state index in [9.17, 15) is 13.2 Å². The number of anilines is 1. The SMILES string of the molecule is CN=C(NCCNc1nccc(C(F)(F)F)n1)NCCc1csc(C)n1. The van der Waals surface area contributed by atoms with Gasteiger partial charge in [0.05, 0.1) is 10.7 Å². The van der Waals surface area contributed by atoms with Crippen molar-refractivity contribution in [1.82, 2.24) is 25.6 Å². The van der Waals surface area contributed by atoms with E-state index < -0.39 is 11.9 Å². The highest BCUT2D eigenvalue weighted by molar-refractivity contribution is 7.09. The molecule has 142 valence electrons. The van der Waals surface area contributed by atoms with Crippen LogP contribution in [-0.4, -0.2) is 47.6 Å². The summed E-state index contributed by atoms with van der Waals surface area (Å²) in [5.41, 5.74) is 0.0523. The Morgan fingerprint density at radius 1 is 1.19 bits per heavy atom. The molecule has 0 bridgehead atoms. The van der Waals surface area contributed by atoms with E-state index in [0.717, 1.165) is 29.4 Å². The van der Waals surface area contributed by atoms with Crippen molar-refractivity contribution in [2.75, 3.05) is 32.0 Å². The normalized spacial score (nSPS) is 12.1. The number of thiazole rings is 1. The molecule has 2 aromatic heterocycles. The number of nitrogens with zero attached hydrogens (tertiary/aromatic N) is 4. The number of halogens is 3. The van der Waals surface area contributed by atoms with Crippen LogP contribution in [0.15, 0.2) is 22.6 Å². The highest BCUT2D eigenvalue weighted by Crippen LogP contribution is 2.27. The number of alkyl halides is 3. The molecule has 26 heavy (non-hydrogen) atoms. The smallest absolute Gasteiger partial charge is 0.356 e. The molecule has 0 spiro atoms. The number of nitrogens with one attached hydrogen (secondary N) is 3. The summed E-state index contributed by atoms with van der Waals surface area (Å²) in [6.07, 6.45) is -2.63. The Hall–Kier alpha value is -2.43. The van der Waals surface area contributed by atoms with E-state index in [-0.39, 0.29) is 5.95 Å². The molecule has 0 unspecified atom stereocenters. The molecule has 2 rings (SSSR count). The highest BCUT2D eigenvalue weighted by atomic mass is 32.1. The Balaban J connectivity index is 1.69. The minimum Gasteiger partial charge on any atom is -0.356 e. The molecular weight excluding hydrogens is 367 g/mol. The fraction of sp³-hybridized carbons (Fsp3) is 0.467. The highest BCUT2D eigenvalue weighted by Gasteiger charge is 2.32. The fourth-order valence-corrected chi connectivity index (χ4v) is 2.66. The summed E-state index contributed by atoms with van der Waals surface area (Å²) in [6, 6.07) is 0.832. The third-order valence-electron chi connectivity index (χ3n) is 3.21. The van der Waals surface area contributed by atoms with Crippen LogP contribution in [0, 0.1) is 6.92 Å². The lowest BCUT2D eigenvalue weighted by Gasteiger charge is -2.12. The van der Waals surface area contributed by atoms with Gasteiger partial charge in [-0.3, -0.25) is 4.99 Å². The largest absolute Gasteiger partial charge is 0.433 e. The molecule has 7 nitrogen and oxygen atoms in total. The summed E-state index contributed by atoms with van der Waals surface area (Å²) in [6.45, 7) is 3.42. The van der Waals surface area contributed by atoms with Gasteiger partial charge in [-0.2, -0.15) is 13.2 Å². The molecule has 0 aliphatic rings. The molecular formula is C15H20F3N7S. The first-order valence-electron chi connectivity index (χ1n) is 7.88. The summed E-state index contributed by atoms with van der Waals surface area (Å²) in [5, 5.41) is 12.0. The van der Waals surface area contributed by atoms with Crippen LogP contribution in [0.1, 0.15) is 16.4 Å². The average molecular weight is 387 g/mol. The van der Waals surface area contributed by atoms with Crippen molar-refractivity contribution in [1.29, 1.82) is 0 Å². The number of aliphatic imine (C=N–C) groups is 1. The molecule has 0 amide bonds. The third-order valence-corrected chi connectivity index (χ3v) is 4.03. The third kappa shape index (κ3) is 6.47. The zero-order chi connectivity index (χ0) is 19.0.